The Labute approximate surface area is 137 Å². The number of aliphatic hydroxyl groups excluding tert-OH is 1. The van der Waals surface area contributed by atoms with Gasteiger partial charge in [0.1, 0.15) is 23.7 Å². The van der Waals surface area contributed by atoms with Gasteiger partial charge in [0.25, 0.3) is 0 Å². The quantitative estimate of drug-likeness (QED) is 0.765. The van der Waals surface area contributed by atoms with Gasteiger partial charge in [-0.1, -0.05) is 6.07 Å². The molecule has 0 fully saturated rings. The molecule has 1 heterocycles. The molecule has 124 valence electrons. The van der Waals surface area contributed by atoms with Crippen molar-refractivity contribution in [2.45, 2.75) is 6.61 Å². The summed E-state index contributed by atoms with van der Waals surface area (Å²) in [7, 11) is 3.02. The standard InChI is InChI=1S/C18H16O6/c1-22-13-6-3-10(7-15(13)23-2)17-16(9-19)24-14-8-11(20)4-5-12(14)18(17)21/h3-8,19-20H,9H2,1-2H3. The van der Waals surface area contributed by atoms with Crippen LogP contribution in [-0.2, 0) is 6.61 Å². The molecule has 0 saturated carbocycles. The zero-order valence-electron chi connectivity index (χ0n) is 13.2. The number of aromatic hydroxyl groups is 1. The number of benzene rings is 2. The number of hydrogen-bond acceptors (Lipinski definition) is 6. The van der Waals surface area contributed by atoms with Crippen molar-refractivity contribution in [3.05, 3.63) is 52.4 Å². The van der Waals surface area contributed by atoms with E-state index in [2.05, 4.69) is 0 Å². The first-order valence-electron chi connectivity index (χ1n) is 7.21. The number of rotatable bonds is 4. The SMILES string of the molecule is COc1ccc(-c2c(CO)oc3cc(O)ccc3c2=O)cc1OC. The maximum Gasteiger partial charge on any atom is 0.200 e. The molecular weight excluding hydrogens is 312 g/mol. The fraction of sp³-hybridized carbons (Fsp3) is 0.167. The van der Waals surface area contributed by atoms with Crippen LogP contribution in [0.2, 0.25) is 0 Å². The van der Waals surface area contributed by atoms with Crippen LogP contribution in [0.5, 0.6) is 17.2 Å². The van der Waals surface area contributed by atoms with Crippen LogP contribution in [0.1, 0.15) is 5.76 Å². The van der Waals surface area contributed by atoms with Gasteiger partial charge in [-0.25, -0.2) is 0 Å². The summed E-state index contributed by atoms with van der Waals surface area (Å²) in [5, 5.41) is 19.5. The predicted molar refractivity (Wildman–Crippen MR) is 88.6 cm³/mol. The fourth-order valence-electron chi connectivity index (χ4n) is 2.62. The first-order valence-corrected chi connectivity index (χ1v) is 7.21. The summed E-state index contributed by atoms with van der Waals surface area (Å²) in [5.74, 6) is 1.09. The van der Waals surface area contributed by atoms with Gasteiger partial charge in [-0.15, -0.1) is 0 Å². The Balaban J connectivity index is 2.31. The molecule has 0 amide bonds. The molecule has 6 nitrogen and oxygen atoms in total. The Bertz CT molecular complexity index is 958. The molecule has 0 radical (unpaired) electrons. The van der Waals surface area contributed by atoms with Gasteiger partial charge in [0.15, 0.2) is 11.5 Å². The van der Waals surface area contributed by atoms with Crippen molar-refractivity contribution in [2.24, 2.45) is 0 Å². The first-order chi connectivity index (χ1) is 11.6. The lowest BCUT2D eigenvalue weighted by Gasteiger charge is -2.12. The molecule has 2 N–H and O–H groups in total. The first kappa shape index (κ1) is 15.9. The van der Waals surface area contributed by atoms with E-state index in [-0.39, 0.29) is 28.1 Å². The monoisotopic (exact) mass is 328 g/mol. The van der Waals surface area contributed by atoms with Crippen molar-refractivity contribution < 1.29 is 24.1 Å². The molecule has 3 rings (SSSR count). The van der Waals surface area contributed by atoms with Gasteiger partial charge in [-0.3, -0.25) is 4.79 Å². The van der Waals surface area contributed by atoms with E-state index in [4.69, 9.17) is 13.9 Å². The van der Waals surface area contributed by atoms with Gasteiger partial charge in [0, 0.05) is 6.07 Å². The molecule has 0 saturated heterocycles. The van der Waals surface area contributed by atoms with E-state index in [1.807, 2.05) is 0 Å². The van der Waals surface area contributed by atoms with Crippen LogP contribution < -0.4 is 14.9 Å². The minimum absolute atomic E-state index is 0.0200. The lowest BCUT2D eigenvalue weighted by atomic mass is 10.0. The number of methoxy groups -OCH3 is 2. The summed E-state index contributed by atoms with van der Waals surface area (Å²) >= 11 is 0. The number of phenols is 1. The molecule has 0 atom stereocenters. The Morgan fingerprint density at radius 2 is 1.79 bits per heavy atom. The van der Waals surface area contributed by atoms with Crippen molar-refractivity contribution in [3.63, 3.8) is 0 Å². The van der Waals surface area contributed by atoms with Gasteiger partial charge in [-0.05, 0) is 29.8 Å². The van der Waals surface area contributed by atoms with Crippen LogP contribution in [0.15, 0.2) is 45.6 Å². The van der Waals surface area contributed by atoms with Crippen LogP contribution in [0.3, 0.4) is 0 Å². The third-order valence-electron chi connectivity index (χ3n) is 3.76. The Hall–Kier alpha value is -2.99. The van der Waals surface area contributed by atoms with Gasteiger partial charge in [-0.2, -0.15) is 0 Å². The van der Waals surface area contributed by atoms with E-state index in [1.54, 1.807) is 18.2 Å². The molecule has 24 heavy (non-hydrogen) atoms. The van der Waals surface area contributed by atoms with Crippen LogP contribution in [-0.4, -0.2) is 24.4 Å². The van der Waals surface area contributed by atoms with Crippen LogP contribution in [0, 0.1) is 0 Å². The molecular formula is C18H16O6. The van der Waals surface area contributed by atoms with Crippen LogP contribution in [0.4, 0.5) is 0 Å². The Kier molecular flexibility index (Phi) is 4.14. The van der Waals surface area contributed by atoms with Gasteiger partial charge < -0.3 is 24.1 Å². The maximum atomic E-state index is 12.8. The average Bonchev–Trinajstić information content (AvgIpc) is 2.60. The van der Waals surface area contributed by atoms with Crippen molar-refractivity contribution in [3.8, 4) is 28.4 Å². The molecule has 0 aliphatic heterocycles. The number of aliphatic hydroxyl groups is 1. The molecule has 0 aliphatic carbocycles. The second kappa shape index (κ2) is 6.25. The molecule has 0 bridgehead atoms. The second-order valence-electron chi connectivity index (χ2n) is 5.14. The van der Waals surface area contributed by atoms with E-state index >= 15 is 0 Å². The number of ether oxygens (including phenoxy) is 2. The molecule has 0 aliphatic rings. The van der Waals surface area contributed by atoms with Crippen molar-refractivity contribution >= 4 is 11.0 Å². The van der Waals surface area contributed by atoms with Crippen molar-refractivity contribution in [1.82, 2.24) is 0 Å². The molecule has 0 unspecified atom stereocenters. The third-order valence-corrected chi connectivity index (χ3v) is 3.76. The summed E-state index contributed by atoms with van der Waals surface area (Å²) in [6.45, 7) is -0.454. The highest BCUT2D eigenvalue weighted by molar-refractivity contribution is 5.84. The molecule has 1 aromatic heterocycles. The van der Waals surface area contributed by atoms with Crippen LogP contribution in [0.25, 0.3) is 22.1 Å². The second-order valence-corrected chi connectivity index (χ2v) is 5.14. The zero-order chi connectivity index (χ0) is 17.3. The lowest BCUT2D eigenvalue weighted by molar-refractivity contribution is 0.249. The van der Waals surface area contributed by atoms with Crippen LogP contribution >= 0.6 is 0 Å². The molecule has 3 aromatic rings. The zero-order valence-corrected chi connectivity index (χ0v) is 13.2. The summed E-state index contributed by atoms with van der Waals surface area (Å²) in [6.07, 6.45) is 0. The third kappa shape index (κ3) is 2.57. The summed E-state index contributed by atoms with van der Waals surface area (Å²) in [4.78, 5) is 12.8. The van der Waals surface area contributed by atoms with E-state index < -0.39 is 6.61 Å². The van der Waals surface area contributed by atoms with Gasteiger partial charge >= 0.3 is 0 Å². The smallest absolute Gasteiger partial charge is 0.200 e. The summed E-state index contributed by atoms with van der Waals surface area (Å²) in [5.41, 5.74) is 0.706. The van der Waals surface area contributed by atoms with E-state index in [1.165, 1.54) is 32.4 Å². The highest BCUT2D eigenvalue weighted by Crippen LogP contribution is 2.33. The highest BCUT2D eigenvalue weighted by Gasteiger charge is 2.17. The molecule has 6 heteroatoms. The maximum absolute atomic E-state index is 12.8. The number of fused-ring (bicyclic) bond motifs is 1. The summed E-state index contributed by atoms with van der Waals surface area (Å²) < 4.78 is 16.1. The van der Waals surface area contributed by atoms with Crippen molar-refractivity contribution in [2.75, 3.05) is 14.2 Å². The van der Waals surface area contributed by atoms with Gasteiger partial charge in [0.05, 0.1) is 25.2 Å². The average molecular weight is 328 g/mol. The molecule has 0 spiro atoms. The van der Waals surface area contributed by atoms with E-state index in [0.29, 0.717) is 22.4 Å². The Morgan fingerprint density at radius 3 is 2.46 bits per heavy atom. The largest absolute Gasteiger partial charge is 0.508 e. The highest BCUT2D eigenvalue weighted by atomic mass is 16.5. The normalized spacial score (nSPS) is 10.8. The minimum Gasteiger partial charge on any atom is -0.508 e. The van der Waals surface area contributed by atoms with Gasteiger partial charge in [0.2, 0.25) is 5.43 Å². The van der Waals surface area contributed by atoms with Crippen molar-refractivity contribution in [1.29, 1.82) is 0 Å². The summed E-state index contributed by atoms with van der Waals surface area (Å²) in [6, 6.07) is 9.26. The fourth-order valence-corrected chi connectivity index (χ4v) is 2.62. The topological polar surface area (TPSA) is 89.1 Å². The Morgan fingerprint density at radius 1 is 1.04 bits per heavy atom. The number of hydrogen-bond donors (Lipinski definition) is 2. The predicted octanol–water partition coefficient (Wildman–Crippen LogP) is 2.68. The van der Waals surface area contributed by atoms with E-state index in [9.17, 15) is 15.0 Å². The molecule has 2 aromatic carbocycles. The number of phenolic OH excluding ortho intramolecular Hbond substituents is 1. The minimum atomic E-state index is -0.454. The lowest BCUT2D eigenvalue weighted by Crippen LogP contribution is -2.09. The van der Waals surface area contributed by atoms with E-state index in [0.717, 1.165) is 0 Å².